The van der Waals surface area contributed by atoms with Crippen LogP contribution in [0.4, 0.5) is 0 Å². The van der Waals surface area contributed by atoms with Crippen molar-refractivity contribution in [3.8, 4) is 39.9 Å². The summed E-state index contributed by atoms with van der Waals surface area (Å²) in [5, 5.41) is 0.673. The number of ether oxygens (including phenoxy) is 1. The molecule has 0 aliphatic rings. The molecule has 4 aromatic rings. The molecule has 132 valence electrons. The van der Waals surface area contributed by atoms with Gasteiger partial charge in [-0.2, -0.15) is 0 Å². The Labute approximate surface area is 162 Å². The normalized spacial score (nSPS) is 10.6. The average Bonchev–Trinajstić information content (AvgIpc) is 2.74. The Morgan fingerprint density at radius 1 is 0.593 bits per heavy atom. The molecule has 0 aliphatic carbocycles. The Morgan fingerprint density at radius 2 is 1.04 bits per heavy atom. The zero-order chi connectivity index (χ0) is 18.6. The van der Waals surface area contributed by atoms with Gasteiger partial charge in [-0.25, -0.2) is 15.0 Å². The number of methoxy groups -OCH3 is 1. The molecule has 0 unspecified atom stereocenters. The first-order valence-electron chi connectivity index (χ1n) is 8.45. The van der Waals surface area contributed by atoms with Crippen molar-refractivity contribution >= 4 is 11.6 Å². The fourth-order valence-corrected chi connectivity index (χ4v) is 2.82. The number of hydrogen-bond donors (Lipinski definition) is 0. The molecule has 4 rings (SSSR count). The topological polar surface area (TPSA) is 47.9 Å². The predicted molar refractivity (Wildman–Crippen MR) is 108 cm³/mol. The van der Waals surface area contributed by atoms with Gasteiger partial charge in [-0.3, -0.25) is 0 Å². The van der Waals surface area contributed by atoms with Crippen LogP contribution in [0.15, 0.2) is 78.9 Å². The number of nitrogens with zero attached hydrogens (tertiary/aromatic N) is 3. The third kappa shape index (κ3) is 3.81. The largest absolute Gasteiger partial charge is 0.497 e. The molecule has 1 heterocycles. The van der Waals surface area contributed by atoms with Gasteiger partial charge in [-0.15, -0.1) is 0 Å². The fourth-order valence-electron chi connectivity index (χ4n) is 2.69. The van der Waals surface area contributed by atoms with Crippen molar-refractivity contribution in [1.29, 1.82) is 0 Å². The van der Waals surface area contributed by atoms with E-state index in [0.29, 0.717) is 22.5 Å². The molecule has 0 saturated heterocycles. The van der Waals surface area contributed by atoms with Gasteiger partial charge < -0.3 is 4.74 Å². The highest BCUT2D eigenvalue weighted by molar-refractivity contribution is 6.30. The standard InChI is InChI=1S/C22H16ClN3O/c1-27-19-13-9-17(10-14-19)22-25-20(15-5-3-2-4-6-15)24-21(26-22)16-7-11-18(23)12-8-16/h2-14H,1H3. The first kappa shape index (κ1) is 17.2. The minimum Gasteiger partial charge on any atom is -0.497 e. The van der Waals surface area contributed by atoms with Crippen LogP contribution < -0.4 is 4.74 Å². The molecule has 27 heavy (non-hydrogen) atoms. The van der Waals surface area contributed by atoms with E-state index in [1.54, 1.807) is 7.11 Å². The fraction of sp³-hybridized carbons (Fsp3) is 0.0455. The van der Waals surface area contributed by atoms with Gasteiger partial charge in [0, 0.05) is 21.7 Å². The zero-order valence-corrected chi connectivity index (χ0v) is 15.4. The molecule has 0 bridgehead atoms. The second kappa shape index (κ2) is 7.56. The molecule has 0 fully saturated rings. The summed E-state index contributed by atoms with van der Waals surface area (Å²) in [4.78, 5) is 14.0. The van der Waals surface area contributed by atoms with Gasteiger partial charge in [0.1, 0.15) is 5.75 Å². The summed E-state index contributed by atoms with van der Waals surface area (Å²) in [5.74, 6) is 2.62. The Balaban J connectivity index is 1.87. The van der Waals surface area contributed by atoms with Crippen molar-refractivity contribution in [1.82, 2.24) is 15.0 Å². The van der Waals surface area contributed by atoms with Crippen molar-refractivity contribution in [3.63, 3.8) is 0 Å². The van der Waals surface area contributed by atoms with Gasteiger partial charge >= 0.3 is 0 Å². The second-order valence-electron chi connectivity index (χ2n) is 5.91. The Hall–Kier alpha value is -3.24. The van der Waals surface area contributed by atoms with Gasteiger partial charge in [0.2, 0.25) is 0 Å². The van der Waals surface area contributed by atoms with Crippen LogP contribution in [0.5, 0.6) is 5.75 Å². The maximum absolute atomic E-state index is 6.02. The van der Waals surface area contributed by atoms with Crippen LogP contribution in [0.2, 0.25) is 5.02 Å². The van der Waals surface area contributed by atoms with Crippen LogP contribution in [0, 0.1) is 0 Å². The summed E-state index contributed by atoms with van der Waals surface area (Å²) >= 11 is 6.02. The van der Waals surface area contributed by atoms with Crippen molar-refractivity contribution < 1.29 is 4.74 Å². The van der Waals surface area contributed by atoms with Crippen molar-refractivity contribution in [2.24, 2.45) is 0 Å². The van der Waals surface area contributed by atoms with E-state index in [-0.39, 0.29) is 0 Å². The van der Waals surface area contributed by atoms with E-state index < -0.39 is 0 Å². The molecule has 3 aromatic carbocycles. The third-order valence-electron chi connectivity index (χ3n) is 4.12. The maximum atomic E-state index is 6.02. The lowest BCUT2D eigenvalue weighted by atomic mass is 10.1. The molecule has 4 nitrogen and oxygen atoms in total. The van der Waals surface area contributed by atoms with Crippen molar-refractivity contribution in [2.75, 3.05) is 7.11 Å². The van der Waals surface area contributed by atoms with E-state index in [1.165, 1.54) is 0 Å². The summed E-state index contributed by atoms with van der Waals surface area (Å²) < 4.78 is 5.24. The number of aromatic nitrogens is 3. The number of hydrogen-bond acceptors (Lipinski definition) is 4. The lowest BCUT2D eigenvalue weighted by Crippen LogP contribution is -2.00. The van der Waals surface area contributed by atoms with Gasteiger partial charge in [0.15, 0.2) is 17.5 Å². The SMILES string of the molecule is COc1ccc(-c2nc(-c3ccccc3)nc(-c3ccc(Cl)cc3)n2)cc1. The first-order chi connectivity index (χ1) is 13.2. The molecular formula is C22H16ClN3O. The first-order valence-corrected chi connectivity index (χ1v) is 8.82. The number of halogens is 1. The van der Waals surface area contributed by atoms with Crippen LogP contribution in [-0.4, -0.2) is 22.1 Å². The summed E-state index contributed by atoms with van der Waals surface area (Å²) in [6, 6.07) is 25.0. The number of rotatable bonds is 4. The van der Waals surface area contributed by atoms with Gasteiger partial charge in [-0.05, 0) is 48.5 Å². The van der Waals surface area contributed by atoms with Crippen LogP contribution in [0.1, 0.15) is 0 Å². The minimum atomic E-state index is 0.603. The van der Waals surface area contributed by atoms with E-state index in [9.17, 15) is 0 Å². The van der Waals surface area contributed by atoms with Crippen molar-refractivity contribution in [2.45, 2.75) is 0 Å². The summed E-state index contributed by atoms with van der Waals surface area (Å²) in [5.41, 5.74) is 2.71. The molecule has 0 N–H and O–H groups in total. The van der Waals surface area contributed by atoms with E-state index in [1.807, 2.05) is 78.9 Å². The van der Waals surface area contributed by atoms with E-state index in [4.69, 9.17) is 16.3 Å². The van der Waals surface area contributed by atoms with Gasteiger partial charge in [-0.1, -0.05) is 41.9 Å². The molecule has 0 aliphatic heterocycles. The van der Waals surface area contributed by atoms with Crippen LogP contribution >= 0.6 is 11.6 Å². The Bertz CT molecular complexity index is 1050. The molecule has 0 atom stereocenters. The quantitative estimate of drug-likeness (QED) is 0.471. The summed E-state index contributed by atoms with van der Waals surface area (Å²) in [7, 11) is 1.64. The third-order valence-corrected chi connectivity index (χ3v) is 4.37. The smallest absolute Gasteiger partial charge is 0.164 e. The van der Waals surface area contributed by atoms with Gasteiger partial charge in [0.05, 0.1) is 7.11 Å². The average molecular weight is 374 g/mol. The van der Waals surface area contributed by atoms with E-state index in [2.05, 4.69) is 15.0 Å². The second-order valence-corrected chi connectivity index (χ2v) is 6.34. The Kier molecular flexibility index (Phi) is 4.81. The van der Waals surface area contributed by atoms with Crippen LogP contribution in [0.3, 0.4) is 0 Å². The summed E-state index contributed by atoms with van der Waals surface area (Å²) in [6.45, 7) is 0. The summed E-state index contributed by atoms with van der Waals surface area (Å²) in [6.07, 6.45) is 0. The molecule has 0 saturated carbocycles. The highest BCUT2D eigenvalue weighted by Gasteiger charge is 2.12. The highest BCUT2D eigenvalue weighted by atomic mass is 35.5. The zero-order valence-electron chi connectivity index (χ0n) is 14.6. The monoisotopic (exact) mass is 373 g/mol. The molecule has 5 heteroatoms. The number of benzene rings is 3. The van der Waals surface area contributed by atoms with Crippen LogP contribution in [-0.2, 0) is 0 Å². The Morgan fingerprint density at radius 3 is 1.52 bits per heavy atom. The molecular weight excluding hydrogens is 358 g/mol. The molecule has 0 spiro atoms. The maximum Gasteiger partial charge on any atom is 0.164 e. The van der Waals surface area contributed by atoms with E-state index >= 15 is 0 Å². The van der Waals surface area contributed by atoms with Crippen molar-refractivity contribution in [3.05, 3.63) is 83.9 Å². The van der Waals surface area contributed by atoms with E-state index in [0.717, 1.165) is 22.4 Å². The molecule has 1 aromatic heterocycles. The van der Waals surface area contributed by atoms with Crippen LogP contribution in [0.25, 0.3) is 34.2 Å². The lowest BCUT2D eigenvalue weighted by molar-refractivity contribution is 0.415. The lowest BCUT2D eigenvalue weighted by Gasteiger charge is -2.09. The molecule has 0 radical (unpaired) electrons. The highest BCUT2D eigenvalue weighted by Crippen LogP contribution is 2.26. The predicted octanol–water partition coefficient (Wildman–Crippen LogP) is 5.53. The minimum absolute atomic E-state index is 0.603. The molecule has 0 amide bonds. The van der Waals surface area contributed by atoms with Gasteiger partial charge in [0.25, 0.3) is 0 Å².